The summed E-state index contributed by atoms with van der Waals surface area (Å²) >= 11 is 0. The van der Waals surface area contributed by atoms with E-state index in [4.69, 9.17) is 14.9 Å². The molecule has 0 radical (unpaired) electrons. The van der Waals surface area contributed by atoms with E-state index in [0.29, 0.717) is 17.8 Å². The number of aliphatic hydroxyl groups excluding tert-OH is 1. The van der Waals surface area contributed by atoms with Gasteiger partial charge in [-0.25, -0.2) is 9.18 Å². The predicted molar refractivity (Wildman–Crippen MR) is 92.5 cm³/mol. The first-order valence-corrected chi connectivity index (χ1v) is 7.57. The number of anilines is 1. The van der Waals surface area contributed by atoms with Gasteiger partial charge >= 0.3 is 5.97 Å². The molecule has 0 saturated heterocycles. The van der Waals surface area contributed by atoms with Crippen molar-refractivity contribution in [2.75, 3.05) is 31.7 Å². The van der Waals surface area contributed by atoms with Gasteiger partial charge in [0.05, 0.1) is 31.0 Å². The highest BCUT2D eigenvalue weighted by Gasteiger charge is 2.17. The quantitative estimate of drug-likeness (QED) is 0.627. The fourth-order valence-electron chi connectivity index (χ4n) is 2.37. The summed E-state index contributed by atoms with van der Waals surface area (Å²) in [5, 5.41) is 20.6. The van der Waals surface area contributed by atoms with Gasteiger partial charge in [0.2, 0.25) is 5.43 Å². The van der Waals surface area contributed by atoms with Crippen LogP contribution < -0.4 is 10.7 Å². The van der Waals surface area contributed by atoms with E-state index < -0.39 is 22.8 Å². The second kappa shape index (κ2) is 7.91. The van der Waals surface area contributed by atoms with Crippen molar-refractivity contribution in [1.82, 2.24) is 4.57 Å². The number of fused-ring (bicyclic) bond motifs is 1. The van der Waals surface area contributed by atoms with Gasteiger partial charge in [0.15, 0.2) is 0 Å². The van der Waals surface area contributed by atoms with Gasteiger partial charge in [-0.2, -0.15) is 0 Å². The average Bonchev–Trinajstić information content (AvgIpc) is 2.55. The second-order valence-electron chi connectivity index (χ2n) is 5.39. The van der Waals surface area contributed by atoms with Crippen molar-refractivity contribution < 1.29 is 24.1 Å². The highest BCUT2D eigenvalue weighted by molar-refractivity contribution is 5.94. The summed E-state index contributed by atoms with van der Waals surface area (Å²) in [5.41, 5.74) is -0.221. The van der Waals surface area contributed by atoms with E-state index in [9.17, 15) is 14.0 Å². The van der Waals surface area contributed by atoms with Crippen LogP contribution in [-0.2, 0) is 4.74 Å². The van der Waals surface area contributed by atoms with Crippen molar-refractivity contribution in [1.29, 1.82) is 0 Å². The summed E-state index contributed by atoms with van der Waals surface area (Å²) in [7, 11) is 0. The number of hydrogen-bond acceptors (Lipinski definition) is 5. The van der Waals surface area contributed by atoms with Gasteiger partial charge < -0.3 is 24.8 Å². The molecule has 2 rings (SSSR count). The van der Waals surface area contributed by atoms with Crippen LogP contribution in [0.5, 0.6) is 0 Å². The minimum Gasteiger partial charge on any atom is -0.477 e. The number of nitrogens with one attached hydrogen (secondary N) is 1. The molecule has 25 heavy (non-hydrogen) atoms. The third-order valence-electron chi connectivity index (χ3n) is 3.53. The van der Waals surface area contributed by atoms with Crippen LogP contribution in [0.1, 0.15) is 17.3 Å². The number of pyridine rings is 1. The van der Waals surface area contributed by atoms with Crippen molar-refractivity contribution in [3.63, 3.8) is 0 Å². The lowest BCUT2D eigenvalue weighted by Gasteiger charge is -2.14. The largest absolute Gasteiger partial charge is 0.477 e. The summed E-state index contributed by atoms with van der Waals surface area (Å²) in [5.74, 6) is -2.06. The minimum absolute atomic E-state index is 0.0394. The van der Waals surface area contributed by atoms with Gasteiger partial charge in [0.25, 0.3) is 0 Å². The highest BCUT2D eigenvalue weighted by atomic mass is 19.1. The number of aromatic carboxylic acids is 1. The molecule has 0 atom stereocenters. The Morgan fingerprint density at radius 1 is 1.40 bits per heavy atom. The number of rotatable bonds is 8. The van der Waals surface area contributed by atoms with Crippen LogP contribution in [0, 0.1) is 5.82 Å². The predicted octanol–water partition coefficient (Wildman–Crippen LogP) is 1.75. The highest BCUT2D eigenvalue weighted by Crippen LogP contribution is 2.23. The minimum atomic E-state index is -1.38. The molecule has 0 amide bonds. The Morgan fingerprint density at radius 3 is 2.72 bits per heavy atom. The zero-order valence-corrected chi connectivity index (χ0v) is 13.7. The molecular formula is C17H19FN2O5. The smallest absolute Gasteiger partial charge is 0.341 e. The molecule has 0 bridgehead atoms. The number of ether oxygens (including phenoxy) is 1. The second-order valence-corrected chi connectivity index (χ2v) is 5.39. The molecule has 0 unspecified atom stereocenters. The van der Waals surface area contributed by atoms with Crippen LogP contribution in [0.15, 0.2) is 29.7 Å². The Kier molecular flexibility index (Phi) is 5.89. The molecule has 0 saturated carbocycles. The summed E-state index contributed by atoms with van der Waals surface area (Å²) < 4.78 is 20.8. The molecule has 1 aromatic carbocycles. The molecule has 8 heteroatoms. The maximum Gasteiger partial charge on any atom is 0.341 e. The Hall–Kier alpha value is -2.71. The van der Waals surface area contributed by atoms with E-state index in [1.165, 1.54) is 16.8 Å². The van der Waals surface area contributed by atoms with Crippen LogP contribution in [0.25, 0.3) is 16.6 Å². The SMILES string of the molecule is C=C(C)n1cc(C(=O)O)c(=O)c2cc(F)c(NCCOCCO)cc21. The summed E-state index contributed by atoms with van der Waals surface area (Å²) in [4.78, 5) is 23.5. The monoisotopic (exact) mass is 350 g/mol. The Balaban J connectivity index is 2.48. The summed E-state index contributed by atoms with van der Waals surface area (Å²) in [6.45, 7) is 6.07. The normalized spacial score (nSPS) is 10.8. The molecule has 2 aromatic rings. The molecule has 0 aliphatic heterocycles. The number of benzene rings is 1. The van der Waals surface area contributed by atoms with E-state index in [0.717, 1.165) is 6.07 Å². The van der Waals surface area contributed by atoms with Gasteiger partial charge in [-0.1, -0.05) is 6.58 Å². The van der Waals surface area contributed by atoms with Crippen LogP contribution >= 0.6 is 0 Å². The van der Waals surface area contributed by atoms with Crippen LogP contribution in [-0.4, -0.2) is 47.1 Å². The Bertz CT molecular complexity index is 875. The van der Waals surface area contributed by atoms with Gasteiger partial charge in [-0.15, -0.1) is 0 Å². The van der Waals surface area contributed by atoms with E-state index >= 15 is 0 Å². The van der Waals surface area contributed by atoms with Gasteiger partial charge in [0, 0.05) is 23.8 Å². The van der Waals surface area contributed by atoms with E-state index in [1.807, 2.05) is 0 Å². The molecule has 0 fully saturated rings. The third-order valence-corrected chi connectivity index (χ3v) is 3.53. The third kappa shape index (κ3) is 4.04. The maximum atomic E-state index is 14.3. The van der Waals surface area contributed by atoms with E-state index in [1.54, 1.807) is 6.92 Å². The Morgan fingerprint density at radius 2 is 2.12 bits per heavy atom. The molecule has 0 aliphatic carbocycles. The molecule has 0 aliphatic rings. The topological polar surface area (TPSA) is 101 Å². The number of carboxylic acid groups (broad SMARTS) is 1. The summed E-state index contributed by atoms with van der Waals surface area (Å²) in [6, 6.07) is 2.44. The fourth-order valence-corrected chi connectivity index (χ4v) is 2.37. The number of carboxylic acids is 1. The molecule has 1 heterocycles. The molecular weight excluding hydrogens is 331 g/mol. The number of halogens is 1. The number of hydrogen-bond donors (Lipinski definition) is 3. The molecule has 1 aromatic heterocycles. The average molecular weight is 350 g/mol. The zero-order valence-electron chi connectivity index (χ0n) is 13.7. The first-order valence-electron chi connectivity index (χ1n) is 7.57. The lowest BCUT2D eigenvalue weighted by atomic mass is 10.1. The maximum absolute atomic E-state index is 14.3. The van der Waals surface area contributed by atoms with Crippen LogP contribution in [0.4, 0.5) is 10.1 Å². The van der Waals surface area contributed by atoms with E-state index in [2.05, 4.69) is 11.9 Å². The zero-order chi connectivity index (χ0) is 18.6. The van der Waals surface area contributed by atoms with Crippen molar-refractivity contribution in [3.05, 3.63) is 46.5 Å². The first-order chi connectivity index (χ1) is 11.9. The standard InChI is InChI=1S/C17H19FN2O5/c1-10(2)20-9-12(17(23)24)16(22)11-7-13(18)14(8-15(11)20)19-3-5-25-6-4-21/h7-9,19,21H,1,3-6H2,2H3,(H,23,24). The molecule has 7 nitrogen and oxygen atoms in total. The lowest BCUT2D eigenvalue weighted by molar-refractivity contribution is 0.0695. The van der Waals surface area contributed by atoms with Crippen LogP contribution in [0.2, 0.25) is 0 Å². The van der Waals surface area contributed by atoms with Crippen molar-refractivity contribution in [2.45, 2.75) is 6.92 Å². The fraction of sp³-hybridized carbons (Fsp3) is 0.294. The van der Waals surface area contributed by atoms with Gasteiger partial charge in [0.1, 0.15) is 11.4 Å². The first kappa shape index (κ1) is 18.6. The van der Waals surface area contributed by atoms with Crippen molar-refractivity contribution in [2.24, 2.45) is 0 Å². The van der Waals surface area contributed by atoms with Gasteiger partial charge in [-0.05, 0) is 19.1 Å². The number of aromatic nitrogens is 1. The number of nitrogens with zero attached hydrogens (tertiary/aromatic N) is 1. The molecule has 134 valence electrons. The van der Waals surface area contributed by atoms with Crippen molar-refractivity contribution in [3.8, 4) is 0 Å². The molecule has 3 N–H and O–H groups in total. The number of allylic oxidation sites excluding steroid dienone is 1. The van der Waals surface area contributed by atoms with Gasteiger partial charge in [-0.3, -0.25) is 4.79 Å². The lowest BCUT2D eigenvalue weighted by Crippen LogP contribution is -2.19. The summed E-state index contributed by atoms with van der Waals surface area (Å²) in [6.07, 6.45) is 1.18. The molecule has 0 spiro atoms. The van der Waals surface area contributed by atoms with E-state index in [-0.39, 0.29) is 30.9 Å². The van der Waals surface area contributed by atoms with Crippen molar-refractivity contribution >= 4 is 28.3 Å². The van der Waals surface area contributed by atoms with Crippen LogP contribution in [0.3, 0.4) is 0 Å². The Labute approximate surface area is 143 Å². The number of aliphatic hydroxyl groups is 1. The number of carbonyl (C=O) groups is 1.